The molecule has 2 aliphatic rings. The number of nitrogens with zero attached hydrogens (tertiary/aromatic N) is 2. The molecule has 146 valence electrons. The number of piperazine rings is 1. The van der Waals surface area contributed by atoms with E-state index in [9.17, 15) is 14.4 Å². The molecule has 0 aliphatic carbocycles. The monoisotopic (exact) mass is 375 g/mol. The Morgan fingerprint density at radius 1 is 1.19 bits per heavy atom. The molecule has 0 spiro atoms. The topological polar surface area (TPSA) is 88.2 Å². The third kappa shape index (κ3) is 4.97. The van der Waals surface area contributed by atoms with Crippen molar-refractivity contribution in [2.24, 2.45) is 0 Å². The first-order valence-corrected chi connectivity index (χ1v) is 9.29. The second kappa shape index (κ2) is 8.85. The molecule has 0 radical (unpaired) electrons. The highest BCUT2D eigenvalue weighted by molar-refractivity contribution is 6.35. The molecular formula is C19H25N3O5. The number of ether oxygens (including phenoxy) is 2. The molecule has 27 heavy (non-hydrogen) atoms. The van der Waals surface area contributed by atoms with Crippen molar-refractivity contribution in [2.45, 2.75) is 25.9 Å². The maximum absolute atomic E-state index is 12.2. The van der Waals surface area contributed by atoms with E-state index in [1.165, 1.54) is 9.80 Å². The molecule has 2 heterocycles. The highest BCUT2D eigenvalue weighted by Crippen LogP contribution is 2.18. The van der Waals surface area contributed by atoms with Crippen LogP contribution in [0.3, 0.4) is 0 Å². The van der Waals surface area contributed by atoms with E-state index in [0.717, 1.165) is 19.4 Å². The molecule has 2 aliphatic heterocycles. The van der Waals surface area contributed by atoms with Crippen LogP contribution in [0.25, 0.3) is 0 Å². The minimum absolute atomic E-state index is 0.139. The van der Waals surface area contributed by atoms with Crippen molar-refractivity contribution in [3.8, 4) is 5.75 Å². The smallest absolute Gasteiger partial charge is 0.312 e. The molecule has 0 aromatic heterocycles. The van der Waals surface area contributed by atoms with Crippen molar-refractivity contribution in [1.82, 2.24) is 9.80 Å². The van der Waals surface area contributed by atoms with Crippen LogP contribution in [0.2, 0.25) is 0 Å². The van der Waals surface area contributed by atoms with E-state index in [1.807, 2.05) is 6.92 Å². The lowest BCUT2D eigenvalue weighted by atomic mass is 10.2. The number of benzene rings is 1. The number of hydrogen-bond acceptors (Lipinski definition) is 5. The predicted molar refractivity (Wildman–Crippen MR) is 98.4 cm³/mol. The van der Waals surface area contributed by atoms with Crippen LogP contribution in [-0.4, -0.2) is 73.0 Å². The van der Waals surface area contributed by atoms with E-state index in [2.05, 4.69) is 5.32 Å². The van der Waals surface area contributed by atoms with Gasteiger partial charge in [-0.2, -0.15) is 0 Å². The summed E-state index contributed by atoms with van der Waals surface area (Å²) in [7, 11) is 0. The Balaban J connectivity index is 1.46. The van der Waals surface area contributed by atoms with Gasteiger partial charge in [-0.25, -0.2) is 0 Å². The molecule has 1 aromatic rings. The van der Waals surface area contributed by atoms with Crippen LogP contribution in [0, 0.1) is 0 Å². The Labute approximate surface area is 158 Å². The number of carbonyl (C=O) groups excluding carboxylic acids is 3. The van der Waals surface area contributed by atoms with Crippen LogP contribution in [0.5, 0.6) is 5.75 Å². The first-order chi connectivity index (χ1) is 13.1. The number of carbonyl (C=O) groups is 3. The lowest BCUT2D eigenvalue weighted by molar-refractivity contribution is -0.156. The van der Waals surface area contributed by atoms with Gasteiger partial charge in [-0.3, -0.25) is 14.4 Å². The number of amides is 3. The van der Waals surface area contributed by atoms with Crippen LogP contribution in [0.4, 0.5) is 5.69 Å². The number of anilines is 1. The summed E-state index contributed by atoms with van der Waals surface area (Å²) in [6.07, 6.45) is 2.24. The number of likely N-dealkylation sites (N-methyl/N-ethyl adjacent to an activating group) is 1. The zero-order valence-corrected chi connectivity index (χ0v) is 15.5. The van der Waals surface area contributed by atoms with Gasteiger partial charge in [-0.15, -0.1) is 0 Å². The van der Waals surface area contributed by atoms with E-state index in [0.29, 0.717) is 37.7 Å². The Morgan fingerprint density at radius 2 is 1.89 bits per heavy atom. The Bertz CT molecular complexity index is 685. The summed E-state index contributed by atoms with van der Waals surface area (Å²) in [5, 5.41) is 2.74. The standard InChI is InChI=1S/C19H25N3O5/c1-2-21-9-10-22(19(25)18(21)24)12-17(23)20-14-5-7-15(8-6-14)27-13-16-4-3-11-26-16/h5-8,16H,2-4,9-13H2,1H3,(H,20,23). The number of rotatable bonds is 7. The van der Waals surface area contributed by atoms with E-state index in [-0.39, 0.29) is 18.6 Å². The Kier molecular flexibility index (Phi) is 6.28. The van der Waals surface area contributed by atoms with Crippen LogP contribution >= 0.6 is 0 Å². The highest BCUT2D eigenvalue weighted by atomic mass is 16.5. The van der Waals surface area contributed by atoms with Gasteiger partial charge < -0.3 is 24.6 Å². The zero-order valence-electron chi connectivity index (χ0n) is 15.5. The molecule has 0 bridgehead atoms. The van der Waals surface area contributed by atoms with Crippen molar-refractivity contribution in [1.29, 1.82) is 0 Å². The van der Waals surface area contributed by atoms with Crippen molar-refractivity contribution < 1.29 is 23.9 Å². The largest absolute Gasteiger partial charge is 0.491 e. The molecule has 8 nitrogen and oxygen atoms in total. The third-order valence-corrected chi connectivity index (χ3v) is 4.71. The van der Waals surface area contributed by atoms with Gasteiger partial charge in [0, 0.05) is 31.9 Å². The van der Waals surface area contributed by atoms with Gasteiger partial charge in [0.05, 0.1) is 6.10 Å². The van der Waals surface area contributed by atoms with Crippen LogP contribution in [0.15, 0.2) is 24.3 Å². The summed E-state index contributed by atoms with van der Waals surface area (Å²) >= 11 is 0. The lowest BCUT2D eigenvalue weighted by Gasteiger charge is -2.32. The SMILES string of the molecule is CCN1CCN(CC(=O)Nc2ccc(OCC3CCCO3)cc2)C(=O)C1=O. The first-order valence-electron chi connectivity index (χ1n) is 9.29. The van der Waals surface area contributed by atoms with Gasteiger partial charge in [0.25, 0.3) is 0 Å². The average molecular weight is 375 g/mol. The third-order valence-electron chi connectivity index (χ3n) is 4.71. The predicted octanol–water partition coefficient (Wildman–Crippen LogP) is 0.874. The van der Waals surface area contributed by atoms with Crippen molar-refractivity contribution in [3.63, 3.8) is 0 Å². The normalized spacial score (nSPS) is 20.1. The molecule has 1 N–H and O–H groups in total. The van der Waals surface area contributed by atoms with Crippen molar-refractivity contribution >= 4 is 23.4 Å². The molecule has 2 fully saturated rings. The number of hydrogen-bond donors (Lipinski definition) is 1. The van der Waals surface area contributed by atoms with Crippen molar-refractivity contribution in [3.05, 3.63) is 24.3 Å². The zero-order chi connectivity index (χ0) is 19.2. The van der Waals surface area contributed by atoms with E-state index in [4.69, 9.17) is 9.47 Å². The maximum atomic E-state index is 12.2. The second-order valence-corrected chi connectivity index (χ2v) is 6.63. The molecule has 1 atom stereocenters. The van der Waals surface area contributed by atoms with Crippen molar-refractivity contribution in [2.75, 3.05) is 44.7 Å². The summed E-state index contributed by atoms with van der Waals surface area (Å²) in [5.74, 6) is -0.811. The van der Waals surface area contributed by atoms with E-state index in [1.54, 1.807) is 24.3 Å². The van der Waals surface area contributed by atoms with Gasteiger partial charge in [0.1, 0.15) is 18.9 Å². The summed E-state index contributed by atoms with van der Waals surface area (Å²) in [4.78, 5) is 38.9. The summed E-state index contributed by atoms with van der Waals surface area (Å²) in [6, 6.07) is 7.04. The van der Waals surface area contributed by atoms with E-state index >= 15 is 0 Å². The summed E-state index contributed by atoms with van der Waals surface area (Å²) in [5.41, 5.74) is 0.607. The molecule has 2 saturated heterocycles. The Morgan fingerprint density at radius 3 is 2.56 bits per heavy atom. The second-order valence-electron chi connectivity index (χ2n) is 6.63. The van der Waals surface area contributed by atoms with Crippen LogP contribution in [0.1, 0.15) is 19.8 Å². The minimum atomic E-state index is -0.629. The molecule has 1 unspecified atom stereocenters. The van der Waals surface area contributed by atoms with E-state index < -0.39 is 11.8 Å². The first kappa shape index (κ1) is 19.2. The van der Waals surface area contributed by atoms with Gasteiger partial charge in [-0.1, -0.05) is 0 Å². The summed E-state index contributed by atoms with van der Waals surface area (Å²) < 4.78 is 11.2. The highest BCUT2D eigenvalue weighted by Gasteiger charge is 2.32. The van der Waals surface area contributed by atoms with Gasteiger partial charge in [0.2, 0.25) is 5.91 Å². The Hall–Kier alpha value is -2.61. The molecule has 8 heteroatoms. The molecule has 0 saturated carbocycles. The molecular weight excluding hydrogens is 350 g/mol. The quantitative estimate of drug-likeness (QED) is 0.715. The average Bonchev–Trinajstić information content (AvgIpc) is 3.19. The fourth-order valence-electron chi connectivity index (χ4n) is 3.14. The summed E-state index contributed by atoms with van der Waals surface area (Å²) in [6.45, 7) is 4.30. The molecule has 3 rings (SSSR count). The van der Waals surface area contributed by atoms with Crippen LogP contribution < -0.4 is 10.1 Å². The fourth-order valence-corrected chi connectivity index (χ4v) is 3.14. The lowest BCUT2D eigenvalue weighted by Crippen LogP contribution is -2.55. The molecule has 1 aromatic carbocycles. The molecule has 3 amide bonds. The van der Waals surface area contributed by atoms with Crippen LogP contribution in [-0.2, 0) is 19.1 Å². The maximum Gasteiger partial charge on any atom is 0.312 e. The van der Waals surface area contributed by atoms with Gasteiger partial charge >= 0.3 is 11.8 Å². The van der Waals surface area contributed by atoms with Gasteiger partial charge in [-0.05, 0) is 44.0 Å². The number of nitrogens with one attached hydrogen (secondary N) is 1. The fraction of sp³-hybridized carbons (Fsp3) is 0.526. The van der Waals surface area contributed by atoms with Gasteiger partial charge in [0.15, 0.2) is 0 Å². The minimum Gasteiger partial charge on any atom is -0.491 e.